The summed E-state index contributed by atoms with van der Waals surface area (Å²) in [6.07, 6.45) is 9.30. The fraction of sp³-hybridized carbons (Fsp3) is 0.375. The van der Waals surface area contributed by atoms with E-state index in [1.165, 1.54) is 19.3 Å². The molecule has 5 heteroatoms. The maximum atomic E-state index is 11.7. The second kappa shape index (κ2) is 8.62. The van der Waals surface area contributed by atoms with Crippen molar-refractivity contribution in [2.45, 2.75) is 38.1 Å². The molecule has 0 atom stereocenters. The van der Waals surface area contributed by atoms with Crippen LogP contribution in [0.15, 0.2) is 39.9 Å². The number of urea groups is 1. The highest BCUT2D eigenvalue weighted by Crippen LogP contribution is 2.17. The number of hydrogen-bond acceptors (Lipinski definition) is 2. The van der Waals surface area contributed by atoms with Gasteiger partial charge < -0.3 is 5.32 Å². The Morgan fingerprint density at radius 1 is 1.19 bits per heavy atom. The molecular weight excluding hydrogens is 330 g/mol. The second-order valence-corrected chi connectivity index (χ2v) is 6.03. The topological polar surface area (TPSA) is 53.5 Å². The largest absolute Gasteiger partial charge is 0.335 e. The van der Waals surface area contributed by atoms with Crippen molar-refractivity contribution in [3.63, 3.8) is 0 Å². The van der Waals surface area contributed by atoms with Crippen LogP contribution >= 0.6 is 15.9 Å². The minimum Gasteiger partial charge on any atom is -0.334 e. The Hall–Kier alpha value is -1.62. The van der Waals surface area contributed by atoms with Gasteiger partial charge in [-0.1, -0.05) is 49.6 Å². The van der Waals surface area contributed by atoms with Crippen molar-refractivity contribution in [1.29, 1.82) is 0 Å². The molecule has 21 heavy (non-hydrogen) atoms. The van der Waals surface area contributed by atoms with E-state index < -0.39 is 0 Å². The lowest BCUT2D eigenvalue weighted by molar-refractivity contribution is 0.233. The first kappa shape index (κ1) is 15.8. The van der Waals surface area contributed by atoms with Gasteiger partial charge in [0.1, 0.15) is 0 Å². The van der Waals surface area contributed by atoms with Gasteiger partial charge >= 0.3 is 6.03 Å². The number of allylic oxidation sites excluding steroid dienone is 1. The van der Waals surface area contributed by atoms with Crippen molar-refractivity contribution in [3.05, 3.63) is 40.4 Å². The van der Waals surface area contributed by atoms with Crippen molar-refractivity contribution in [1.82, 2.24) is 10.7 Å². The predicted octanol–water partition coefficient (Wildman–Crippen LogP) is 4.04. The van der Waals surface area contributed by atoms with Crippen molar-refractivity contribution < 1.29 is 4.79 Å². The summed E-state index contributed by atoms with van der Waals surface area (Å²) >= 11 is 3.40. The first-order valence-corrected chi connectivity index (χ1v) is 8.05. The van der Waals surface area contributed by atoms with E-state index in [4.69, 9.17) is 0 Å². The predicted molar refractivity (Wildman–Crippen MR) is 90.4 cm³/mol. The third-order valence-corrected chi connectivity index (χ3v) is 3.83. The number of hydrazone groups is 1. The first-order chi connectivity index (χ1) is 10.2. The van der Waals surface area contributed by atoms with Crippen molar-refractivity contribution in [2.24, 2.45) is 5.10 Å². The number of carbonyl (C=O) groups excluding carboxylic acids is 1. The average Bonchev–Trinajstić information content (AvgIpc) is 2.49. The smallest absolute Gasteiger partial charge is 0.334 e. The molecule has 1 saturated carbocycles. The molecule has 0 heterocycles. The Labute approximate surface area is 133 Å². The number of benzene rings is 1. The molecule has 2 rings (SSSR count). The summed E-state index contributed by atoms with van der Waals surface area (Å²) in [5.74, 6) is 0. The Morgan fingerprint density at radius 3 is 2.62 bits per heavy atom. The SMILES string of the molecule is O=C(NN=C/C(Br)=C\c1ccccc1)NC1CCCCC1. The highest BCUT2D eigenvalue weighted by Gasteiger charge is 2.14. The number of halogens is 1. The van der Waals surface area contributed by atoms with E-state index in [9.17, 15) is 4.79 Å². The lowest BCUT2D eigenvalue weighted by Crippen LogP contribution is -2.41. The van der Waals surface area contributed by atoms with Crippen LogP contribution < -0.4 is 10.7 Å². The summed E-state index contributed by atoms with van der Waals surface area (Å²) in [6.45, 7) is 0. The van der Waals surface area contributed by atoms with Crippen LogP contribution in [0, 0.1) is 0 Å². The van der Waals surface area contributed by atoms with E-state index in [1.54, 1.807) is 6.21 Å². The van der Waals surface area contributed by atoms with Gasteiger partial charge in [0.2, 0.25) is 0 Å². The zero-order valence-corrected chi connectivity index (χ0v) is 13.5. The Morgan fingerprint density at radius 2 is 1.90 bits per heavy atom. The molecule has 0 radical (unpaired) electrons. The summed E-state index contributed by atoms with van der Waals surface area (Å²) < 4.78 is 0.798. The van der Waals surface area contributed by atoms with Gasteiger partial charge in [-0.05, 0) is 40.4 Å². The van der Waals surface area contributed by atoms with Gasteiger partial charge in [0.05, 0.1) is 6.21 Å². The van der Waals surface area contributed by atoms with Gasteiger partial charge in [-0.3, -0.25) is 0 Å². The third kappa shape index (κ3) is 6.12. The Kier molecular flexibility index (Phi) is 6.47. The van der Waals surface area contributed by atoms with Crippen LogP contribution in [0.1, 0.15) is 37.7 Å². The maximum Gasteiger partial charge on any atom is 0.335 e. The van der Waals surface area contributed by atoms with Crippen LogP contribution in [0.5, 0.6) is 0 Å². The molecule has 1 aliphatic rings. The fourth-order valence-electron chi connectivity index (χ4n) is 2.36. The lowest BCUT2D eigenvalue weighted by atomic mass is 9.96. The van der Waals surface area contributed by atoms with E-state index in [2.05, 4.69) is 31.8 Å². The molecular formula is C16H20BrN3O. The minimum absolute atomic E-state index is 0.238. The minimum atomic E-state index is -0.238. The van der Waals surface area contributed by atoms with Gasteiger partial charge in [-0.2, -0.15) is 5.10 Å². The van der Waals surface area contributed by atoms with Crippen molar-refractivity contribution >= 4 is 34.3 Å². The summed E-state index contributed by atoms with van der Waals surface area (Å²) in [5.41, 5.74) is 3.57. The van der Waals surface area contributed by atoms with Crippen LogP contribution in [-0.4, -0.2) is 18.3 Å². The molecule has 2 amide bonds. The van der Waals surface area contributed by atoms with E-state index in [-0.39, 0.29) is 12.1 Å². The van der Waals surface area contributed by atoms with Gasteiger partial charge in [-0.15, -0.1) is 0 Å². The molecule has 0 bridgehead atoms. The molecule has 1 fully saturated rings. The number of nitrogens with one attached hydrogen (secondary N) is 2. The number of carbonyl (C=O) groups is 1. The molecule has 1 aromatic rings. The van der Waals surface area contributed by atoms with Gasteiger partial charge in [-0.25, -0.2) is 10.2 Å². The van der Waals surface area contributed by atoms with Crippen LogP contribution in [-0.2, 0) is 0 Å². The van der Waals surface area contributed by atoms with E-state index >= 15 is 0 Å². The molecule has 1 aromatic carbocycles. The van der Waals surface area contributed by atoms with Crippen LogP contribution in [0.4, 0.5) is 4.79 Å². The molecule has 0 aliphatic heterocycles. The standard InChI is InChI=1S/C16H20BrN3O/c17-14(11-13-7-3-1-4-8-13)12-18-20-16(21)19-15-9-5-2-6-10-15/h1,3-4,7-8,11-12,15H,2,5-6,9-10H2,(H2,19,20,21)/b14-11+,18-12?. The number of rotatable bonds is 4. The summed E-state index contributed by atoms with van der Waals surface area (Å²) in [4.78, 5) is 11.7. The molecule has 0 saturated heterocycles. The summed E-state index contributed by atoms with van der Waals surface area (Å²) in [5, 5.41) is 6.87. The van der Waals surface area contributed by atoms with Gasteiger partial charge in [0.15, 0.2) is 0 Å². The number of hydrogen-bond donors (Lipinski definition) is 2. The zero-order valence-electron chi connectivity index (χ0n) is 11.9. The lowest BCUT2D eigenvalue weighted by Gasteiger charge is -2.22. The first-order valence-electron chi connectivity index (χ1n) is 7.26. The molecule has 1 aliphatic carbocycles. The van der Waals surface area contributed by atoms with Crippen LogP contribution in [0.3, 0.4) is 0 Å². The highest BCUT2D eigenvalue weighted by atomic mass is 79.9. The molecule has 0 spiro atoms. The number of nitrogens with zero attached hydrogens (tertiary/aromatic N) is 1. The Balaban J connectivity index is 1.76. The fourth-order valence-corrected chi connectivity index (χ4v) is 2.73. The summed E-state index contributed by atoms with van der Waals surface area (Å²) in [6, 6.07) is 9.96. The Bertz CT molecular complexity index is 508. The normalized spacial score (nSPS) is 16.9. The average molecular weight is 350 g/mol. The summed E-state index contributed by atoms with van der Waals surface area (Å²) in [7, 11) is 0. The van der Waals surface area contributed by atoms with Gasteiger partial charge in [0.25, 0.3) is 0 Å². The monoisotopic (exact) mass is 349 g/mol. The van der Waals surface area contributed by atoms with E-state index in [1.807, 2.05) is 36.4 Å². The molecule has 0 unspecified atom stereocenters. The van der Waals surface area contributed by atoms with Crippen molar-refractivity contribution in [3.8, 4) is 0 Å². The second-order valence-electron chi connectivity index (χ2n) is 5.12. The van der Waals surface area contributed by atoms with Crippen LogP contribution in [0.2, 0.25) is 0 Å². The van der Waals surface area contributed by atoms with Crippen molar-refractivity contribution in [2.75, 3.05) is 0 Å². The molecule has 0 aromatic heterocycles. The van der Waals surface area contributed by atoms with E-state index in [0.29, 0.717) is 0 Å². The number of amides is 2. The van der Waals surface area contributed by atoms with Crippen LogP contribution in [0.25, 0.3) is 6.08 Å². The quantitative estimate of drug-likeness (QED) is 0.625. The molecule has 4 nitrogen and oxygen atoms in total. The highest BCUT2D eigenvalue weighted by molar-refractivity contribution is 9.12. The third-order valence-electron chi connectivity index (χ3n) is 3.40. The maximum absolute atomic E-state index is 11.7. The van der Waals surface area contributed by atoms with Gasteiger partial charge in [0, 0.05) is 10.5 Å². The van der Waals surface area contributed by atoms with E-state index in [0.717, 1.165) is 22.9 Å². The zero-order chi connectivity index (χ0) is 14.9. The molecule has 112 valence electrons. The molecule has 2 N–H and O–H groups in total.